The Morgan fingerprint density at radius 1 is 1.23 bits per heavy atom. The quantitative estimate of drug-likeness (QED) is 0.650. The Bertz CT molecular complexity index is 787. The SMILES string of the molecule is NC(=O)c1cnccn1.O=C(O)Nc1ccc2oncc2c1. The number of benzene rings is 1. The lowest BCUT2D eigenvalue weighted by Gasteiger charge is -1.98. The van der Waals surface area contributed by atoms with Crippen molar-refractivity contribution in [1.82, 2.24) is 15.1 Å². The number of fused-ring (bicyclic) bond motifs is 1. The molecule has 0 aliphatic rings. The highest BCUT2D eigenvalue weighted by atomic mass is 16.5. The van der Waals surface area contributed by atoms with Gasteiger partial charge in [0.1, 0.15) is 5.69 Å². The van der Waals surface area contributed by atoms with Crippen molar-refractivity contribution in [3.05, 3.63) is 48.7 Å². The predicted octanol–water partition coefficient (Wildman–Crippen LogP) is 1.49. The molecule has 0 spiro atoms. The molecule has 9 nitrogen and oxygen atoms in total. The van der Waals surface area contributed by atoms with Crippen LogP contribution in [0.5, 0.6) is 0 Å². The molecule has 3 aromatic rings. The van der Waals surface area contributed by atoms with Gasteiger partial charge in [-0.15, -0.1) is 0 Å². The zero-order valence-electron chi connectivity index (χ0n) is 11.1. The Morgan fingerprint density at radius 2 is 2.05 bits per heavy atom. The van der Waals surface area contributed by atoms with Crippen LogP contribution in [0.2, 0.25) is 0 Å². The van der Waals surface area contributed by atoms with E-state index < -0.39 is 12.0 Å². The summed E-state index contributed by atoms with van der Waals surface area (Å²) in [5, 5.41) is 15.0. The van der Waals surface area contributed by atoms with Crippen molar-refractivity contribution < 1.29 is 19.2 Å². The van der Waals surface area contributed by atoms with Crippen LogP contribution in [0.15, 0.2) is 47.5 Å². The average Bonchev–Trinajstić information content (AvgIpc) is 2.96. The Balaban J connectivity index is 0.000000172. The second-order valence-electron chi connectivity index (χ2n) is 3.96. The summed E-state index contributed by atoms with van der Waals surface area (Å²) in [5.74, 6) is -0.553. The van der Waals surface area contributed by atoms with Crippen LogP contribution in [0.25, 0.3) is 11.0 Å². The van der Waals surface area contributed by atoms with E-state index in [0.717, 1.165) is 5.39 Å². The molecule has 2 aromatic heterocycles. The van der Waals surface area contributed by atoms with E-state index in [-0.39, 0.29) is 5.69 Å². The fourth-order valence-electron chi connectivity index (χ4n) is 1.50. The molecule has 2 amide bonds. The molecule has 112 valence electrons. The number of carbonyl (C=O) groups is 2. The van der Waals surface area contributed by atoms with Crippen LogP contribution in [0, 0.1) is 0 Å². The van der Waals surface area contributed by atoms with Gasteiger partial charge in [0.25, 0.3) is 5.91 Å². The molecule has 0 unspecified atom stereocenters. The molecular formula is C13H11N5O4. The van der Waals surface area contributed by atoms with E-state index in [0.29, 0.717) is 11.3 Å². The third kappa shape index (κ3) is 4.00. The maximum atomic E-state index is 10.3. The van der Waals surface area contributed by atoms with Crippen LogP contribution >= 0.6 is 0 Å². The number of hydrogen-bond donors (Lipinski definition) is 3. The zero-order chi connectivity index (χ0) is 15.9. The lowest BCUT2D eigenvalue weighted by atomic mass is 10.2. The van der Waals surface area contributed by atoms with Gasteiger partial charge in [0.2, 0.25) is 0 Å². The standard InChI is InChI=1S/C8H6N2O3.C5H5N3O/c11-8(12)10-6-1-2-7-5(3-6)4-9-13-7;6-5(9)4-3-7-1-2-8-4/h1-4,10H,(H,11,12);1-3H,(H2,6,9). The van der Waals surface area contributed by atoms with E-state index in [9.17, 15) is 9.59 Å². The minimum atomic E-state index is -1.09. The van der Waals surface area contributed by atoms with Crippen molar-refractivity contribution in [2.24, 2.45) is 5.73 Å². The molecule has 9 heteroatoms. The van der Waals surface area contributed by atoms with E-state index in [1.807, 2.05) is 0 Å². The van der Waals surface area contributed by atoms with Crippen molar-refractivity contribution in [3.63, 3.8) is 0 Å². The molecular weight excluding hydrogens is 290 g/mol. The Labute approximate surface area is 123 Å². The summed E-state index contributed by atoms with van der Waals surface area (Å²) in [7, 11) is 0. The molecule has 0 bridgehead atoms. The molecule has 22 heavy (non-hydrogen) atoms. The summed E-state index contributed by atoms with van der Waals surface area (Å²) in [5.41, 5.74) is 6.20. The number of primary amides is 1. The van der Waals surface area contributed by atoms with E-state index in [1.54, 1.807) is 18.2 Å². The Morgan fingerprint density at radius 3 is 2.64 bits per heavy atom. The fraction of sp³-hybridized carbons (Fsp3) is 0. The van der Waals surface area contributed by atoms with E-state index >= 15 is 0 Å². The topological polar surface area (TPSA) is 144 Å². The third-order valence-corrected chi connectivity index (χ3v) is 2.42. The van der Waals surface area contributed by atoms with Crippen molar-refractivity contribution in [2.45, 2.75) is 0 Å². The number of amides is 2. The Kier molecular flexibility index (Phi) is 4.60. The zero-order valence-corrected chi connectivity index (χ0v) is 11.1. The third-order valence-electron chi connectivity index (χ3n) is 2.42. The van der Waals surface area contributed by atoms with Gasteiger partial charge in [0.05, 0.1) is 12.4 Å². The highest BCUT2D eigenvalue weighted by Crippen LogP contribution is 2.18. The van der Waals surface area contributed by atoms with Gasteiger partial charge < -0.3 is 15.4 Å². The summed E-state index contributed by atoms with van der Waals surface area (Å²) in [6.07, 6.45) is 4.66. The summed E-state index contributed by atoms with van der Waals surface area (Å²) >= 11 is 0. The highest BCUT2D eigenvalue weighted by molar-refractivity contribution is 5.90. The number of hydrogen-bond acceptors (Lipinski definition) is 6. The van der Waals surface area contributed by atoms with Gasteiger partial charge in [0.15, 0.2) is 5.58 Å². The first kappa shape index (κ1) is 14.9. The van der Waals surface area contributed by atoms with Crippen molar-refractivity contribution >= 4 is 28.7 Å². The monoisotopic (exact) mass is 301 g/mol. The number of nitrogens with two attached hydrogens (primary N) is 1. The van der Waals surface area contributed by atoms with Gasteiger partial charge in [-0.2, -0.15) is 0 Å². The summed E-state index contributed by atoms with van der Waals surface area (Å²) < 4.78 is 4.85. The first-order valence-corrected chi connectivity index (χ1v) is 5.96. The first-order chi connectivity index (χ1) is 10.6. The molecule has 0 saturated heterocycles. The molecule has 4 N–H and O–H groups in total. The number of rotatable bonds is 2. The van der Waals surface area contributed by atoms with Crippen molar-refractivity contribution in [2.75, 3.05) is 5.32 Å². The van der Waals surface area contributed by atoms with Gasteiger partial charge in [-0.3, -0.25) is 15.1 Å². The minimum absolute atomic E-state index is 0.192. The van der Waals surface area contributed by atoms with Gasteiger partial charge in [0, 0.05) is 23.5 Å². The molecule has 0 atom stereocenters. The molecule has 0 fully saturated rings. The van der Waals surface area contributed by atoms with Crippen LogP contribution in [0.4, 0.5) is 10.5 Å². The second kappa shape index (κ2) is 6.79. The second-order valence-corrected chi connectivity index (χ2v) is 3.96. The summed E-state index contributed by atoms with van der Waals surface area (Å²) in [6, 6.07) is 4.93. The Hall–Kier alpha value is -3.49. The van der Waals surface area contributed by atoms with Crippen LogP contribution in [0.3, 0.4) is 0 Å². The van der Waals surface area contributed by atoms with Gasteiger partial charge >= 0.3 is 6.09 Å². The molecule has 0 aliphatic carbocycles. The number of carboxylic acid groups (broad SMARTS) is 1. The fourth-order valence-corrected chi connectivity index (χ4v) is 1.50. The van der Waals surface area contributed by atoms with Gasteiger partial charge in [-0.05, 0) is 18.2 Å². The molecule has 0 aliphatic heterocycles. The smallest absolute Gasteiger partial charge is 0.409 e. The van der Waals surface area contributed by atoms with Crippen molar-refractivity contribution in [3.8, 4) is 0 Å². The van der Waals surface area contributed by atoms with Crippen LogP contribution in [-0.2, 0) is 0 Å². The lowest BCUT2D eigenvalue weighted by Crippen LogP contribution is -2.12. The summed E-state index contributed by atoms with van der Waals surface area (Å²) in [6.45, 7) is 0. The molecule has 0 saturated carbocycles. The highest BCUT2D eigenvalue weighted by Gasteiger charge is 2.01. The number of anilines is 1. The minimum Gasteiger partial charge on any atom is -0.465 e. The number of aromatic nitrogens is 3. The molecule has 3 rings (SSSR count). The number of carbonyl (C=O) groups excluding carboxylic acids is 1. The van der Waals surface area contributed by atoms with Gasteiger partial charge in [-0.1, -0.05) is 5.16 Å². The van der Waals surface area contributed by atoms with Crippen molar-refractivity contribution in [1.29, 1.82) is 0 Å². The first-order valence-electron chi connectivity index (χ1n) is 5.96. The predicted molar refractivity (Wildman–Crippen MR) is 76.2 cm³/mol. The van der Waals surface area contributed by atoms with Gasteiger partial charge in [-0.25, -0.2) is 9.78 Å². The van der Waals surface area contributed by atoms with Crippen LogP contribution in [0.1, 0.15) is 10.5 Å². The number of nitrogens with one attached hydrogen (secondary N) is 1. The average molecular weight is 301 g/mol. The maximum absolute atomic E-state index is 10.3. The maximum Gasteiger partial charge on any atom is 0.409 e. The van der Waals surface area contributed by atoms with E-state index in [2.05, 4.69) is 20.4 Å². The van der Waals surface area contributed by atoms with Crippen LogP contribution in [-0.4, -0.2) is 32.2 Å². The number of nitrogens with zero attached hydrogens (tertiary/aromatic N) is 3. The lowest BCUT2D eigenvalue weighted by molar-refractivity contribution is 0.0995. The largest absolute Gasteiger partial charge is 0.465 e. The van der Waals surface area contributed by atoms with E-state index in [4.69, 9.17) is 15.4 Å². The summed E-state index contributed by atoms with van der Waals surface area (Å²) in [4.78, 5) is 27.9. The molecule has 0 radical (unpaired) electrons. The molecule has 1 aromatic carbocycles. The normalized spacial score (nSPS) is 9.64. The van der Waals surface area contributed by atoms with Crippen LogP contribution < -0.4 is 11.1 Å². The molecule has 2 heterocycles. The van der Waals surface area contributed by atoms with E-state index in [1.165, 1.54) is 24.8 Å².